The summed E-state index contributed by atoms with van der Waals surface area (Å²) in [4.78, 5) is 1.15. The number of hydrogen-bond acceptors (Lipinski definition) is 3. The van der Waals surface area contributed by atoms with E-state index < -0.39 is 8.32 Å². The summed E-state index contributed by atoms with van der Waals surface area (Å²) in [6, 6.07) is 4.05. The standard InChI is InChI=1S/C10H16O2SSi/c1-11-10(12-14(2,3)4)8-9-6-5-7-13-9/h5-8H,1-4H3/b10-8+. The molecule has 0 aliphatic heterocycles. The lowest BCUT2D eigenvalue weighted by Crippen LogP contribution is -2.25. The number of ether oxygens (including phenoxy) is 1. The van der Waals surface area contributed by atoms with Crippen LogP contribution in [0.3, 0.4) is 0 Å². The summed E-state index contributed by atoms with van der Waals surface area (Å²) in [6.45, 7) is 6.40. The third kappa shape index (κ3) is 3.98. The van der Waals surface area contributed by atoms with Crippen LogP contribution in [0.25, 0.3) is 6.08 Å². The van der Waals surface area contributed by atoms with Gasteiger partial charge >= 0.3 is 0 Å². The molecular formula is C10H16O2SSi. The smallest absolute Gasteiger partial charge is 0.266 e. The highest BCUT2D eigenvalue weighted by atomic mass is 32.1. The van der Waals surface area contributed by atoms with Crippen LogP contribution in [0.4, 0.5) is 0 Å². The van der Waals surface area contributed by atoms with Gasteiger partial charge in [-0.25, -0.2) is 0 Å². The molecule has 1 aromatic heterocycles. The van der Waals surface area contributed by atoms with Crippen molar-refractivity contribution in [1.82, 2.24) is 0 Å². The predicted octanol–water partition coefficient (Wildman–Crippen LogP) is 3.54. The van der Waals surface area contributed by atoms with Gasteiger partial charge in [0.25, 0.3) is 5.95 Å². The molecule has 0 saturated carbocycles. The fourth-order valence-electron chi connectivity index (χ4n) is 0.921. The largest absolute Gasteiger partial charge is 0.520 e. The lowest BCUT2D eigenvalue weighted by atomic mass is 10.4. The Labute approximate surface area is 90.3 Å². The van der Waals surface area contributed by atoms with Gasteiger partial charge in [0.2, 0.25) is 8.32 Å². The lowest BCUT2D eigenvalue weighted by Gasteiger charge is -2.20. The van der Waals surface area contributed by atoms with Crippen molar-refractivity contribution in [3.05, 3.63) is 28.3 Å². The molecule has 1 rings (SSSR count). The van der Waals surface area contributed by atoms with E-state index in [9.17, 15) is 0 Å². The fourth-order valence-corrected chi connectivity index (χ4v) is 2.30. The van der Waals surface area contributed by atoms with Crippen LogP contribution < -0.4 is 0 Å². The predicted molar refractivity (Wildman–Crippen MR) is 63.7 cm³/mol. The van der Waals surface area contributed by atoms with Crippen LogP contribution in [-0.2, 0) is 9.16 Å². The van der Waals surface area contributed by atoms with Crippen molar-refractivity contribution in [2.24, 2.45) is 0 Å². The summed E-state index contributed by atoms with van der Waals surface area (Å²) in [5.74, 6) is 0.617. The Kier molecular flexibility index (Phi) is 3.77. The van der Waals surface area contributed by atoms with Gasteiger partial charge in [-0.2, -0.15) is 0 Å². The maximum atomic E-state index is 5.74. The maximum absolute atomic E-state index is 5.74. The van der Waals surface area contributed by atoms with Gasteiger partial charge in [0.1, 0.15) is 0 Å². The van der Waals surface area contributed by atoms with Crippen LogP contribution in [0.15, 0.2) is 23.5 Å². The van der Waals surface area contributed by atoms with Crippen molar-refractivity contribution in [1.29, 1.82) is 0 Å². The lowest BCUT2D eigenvalue weighted by molar-refractivity contribution is 0.152. The molecule has 0 unspecified atom stereocenters. The van der Waals surface area contributed by atoms with Crippen LogP contribution >= 0.6 is 11.3 Å². The molecule has 4 heteroatoms. The molecule has 0 saturated heterocycles. The summed E-state index contributed by atoms with van der Waals surface area (Å²) < 4.78 is 10.9. The number of thiophene rings is 1. The van der Waals surface area contributed by atoms with E-state index in [1.165, 1.54) is 0 Å². The molecule has 0 bridgehead atoms. The Morgan fingerprint density at radius 2 is 2.14 bits per heavy atom. The van der Waals surface area contributed by atoms with Crippen molar-refractivity contribution in [2.45, 2.75) is 19.6 Å². The summed E-state index contributed by atoms with van der Waals surface area (Å²) in [6.07, 6.45) is 1.93. The molecule has 0 aliphatic rings. The molecule has 0 fully saturated rings. The van der Waals surface area contributed by atoms with Crippen LogP contribution in [0, 0.1) is 0 Å². The Morgan fingerprint density at radius 3 is 2.57 bits per heavy atom. The molecular weight excluding hydrogens is 212 g/mol. The Morgan fingerprint density at radius 1 is 1.43 bits per heavy atom. The first kappa shape index (κ1) is 11.3. The zero-order valence-corrected chi connectivity index (χ0v) is 10.9. The monoisotopic (exact) mass is 228 g/mol. The van der Waals surface area contributed by atoms with Gasteiger partial charge in [-0.1, -0.05) is 6.07 Å². The normalized spacial score (nSPS) is 12.7. The Balaban J connectivity index is 2.72. The second-order valence-electron chi connectivity index (χ2n) is 3.90. The van der Waals surface area contributed by atoms with E-state index in [1.54, 1.807) is 18.4 Å². The minimum Gasteiger partial charge on any atom is -0.520 e. The van der Waals surface area contributed by atoms with Crippen LogP contribution in [0.2, 0.25) is 19.6 Å². The zero-order chi connectivity index (χ0) is 10.6. The molecule has 0 amide bonds. The molecule has 78 valence electrons. The summed E-state index contributed by atoms with van der Waals surface area (Å²) in [5, 5.41) is 2.04. The van der Waals surface area contributed by atoms with E-state index >= 15 is 0 Å². The fraction of sp³-hybridized carbons (Fsp3) is 0.400. The average Bonchev–Trinajstić information content (AvgIpc) is 2.53. The topological polar surface area (TPSA) is 18.5 Å². The minimum atomic E-state index is -1.56. The second-order valence-corrected chi connectivity index (χ2v) is 9.31. The highest BCUT2D eigenvalue weighted by molar-refractivity contribution is 7.10. The van der Waals surface area contributed by atoms with E-state index in [-0.39, 0.29) is 0 Å². The molecule has 0 aliphatic carbocycles. The second kappa shape index (κ2) is 4.66. The van der Waals surface area contributed by atoms with Crippen molar-refractivity contribution >= 4 is 25.7 Å². The number of methoxy groups -OCH3 is 1. The quantitative estimate of drug-likeness (QED) is 0.579. The highest BCUT2D eigenvalue weighted by Crippen LogP contribution is 2.17. The third-order valence-electron chi connectivity index (χ3n) is 1.41. The molecule has 1 heterocycles. The van der Waals surface area contributed by atoms with Crippen molar-refractivity contribution in [3.8, 4) is 0 Å². The zero-order valence-electron chi connectivity index (χ0n) is 9.03. The van der Waals surface area contributed by atoms with E-state index in [1.807, 2.05) is 23.6 Å². The Hall–Kier alpha value is -0.743. The first-order valence-electron chi connectivity index (χ1n) is 4.49. The van der Waals surface area contributed by atoms with E-state index in [2.05, 4.69) is 19.6 Å². The van der Waals surface area contributed by atoms with Crippen molar-refractivity contribution in [2.75, 3.05) is 7.11 Å². The molecule has 0 atom stereocenters. The molecule has 0 aromatic carbocycles. The number of hydrogen-bond donors (Lipinski definition) is 0. The van der Waals surface area contributed by atoms with Gasteiger partial charge in [-0.05, 0) is 31.1 Å². The van der Waals surface area contributed by atoms with E-state index in [0.29, 0.717) is 5.95 Å². The van der Waals surface area contributed by atoms with Gasteiger partial charge in [0.15, 0.2) is 0 Å². The van der Waals surface area contributed by atoms with Gasteiger partial charge in [-0.15, -0.1) is 11.3 Å². The third-order valence-corrected chi connectivity index (χ3v) is 3.04. The van der Waals surface area contributed by atoms with Crippen molar-refractivity contribution in [3.63, 3.8) is 0 Å². The molecule has 0 spiro atoms. The minimum absolute atomic E-state index is 0.617. The van der Waals surface area contributed by atoms with Gasteiger partial charge in [0.05, 0.1) is 7.11 Å². The average molecular weight is 228 g/mol. The molecule has 2 nitrogen and oxygen atoms in total. The van der Waals surface area contributed by atoms with E-state index in [0.717, 1.165) is 4.88 Å². The van der Waals surface area contributed by atoms with Gasteiger partial charge in [-0.3, -0.25) is 0 Å². The Bertz CT molecular complexity index is 298. The number of rotatable bonds is 4. The SMILES string of the molecule is CO/C(=C\c1cccs1)O[Si](C)(C)C. The van der Waals surface area contributed by atoms with Gasteiger partial charge < -0.3 is 9.16 Å². The first-order chi connectivity index (χ1) is 6.51. The summed E-state index contributed by atoms with van der Waals surface area (Å²) >= 11 is 1.67. The highest BCUT2D eigenvalue weighted by Gasteiger charge is 2.18. The molecule has 0 N–H and O–H groups in total. The summed E-state index contributed by atoms with van der Waals surface area (Å²) in [5.41, 5.74) is 0. The van der Waals surface area contributed by atoms with Crippen molar-refractivity contribution < 1.29 is 9.16 Å². The maximum Gasteiger partial charge on any atom is 0.266 e. The van der Waals surface area contributed by atoms with E-state index in [4.69, 9.17) is 9.16 Å². The van der Waals surface area contributed by atoms with Crippen LogP contribution in [0.5, 0.6) is 0 Å². The van der Waals surface area contributed by atoms with Gasteiger partial charge in [0, 0.05) is 11.0 Å². The molecule has 0 radical (unpaired) electrons. The van der Waals surface area contributed by atoms with Crippen LogP contribution in [0.1, 0.15) is 4.88 Å². The first-order valence-corrected chi connectivity index (χ1v) is 8.78. The van der Waals surface area contributed by atoms with Crippen LogP contribution in [-0.4, -0.2) is 15.4 Å². The molecule has 1 aromatic rings. The molecule has 14 heavy (non-hydrogen) atoms. The summed E-state index contributed by atoms with van der Waals surface area (Å²) in [7, 11) is 0.0751.